The Labute approximate surface area is 121 Å². The number of nitrogens with zero attached hydrogens (tertiary/aromatic N) is 1. The molecule has 1 aliphatic heterocycles. The Bertz CT molecular complexity index is 515. The van der Waals surface area contributed by atoms with Crippen molar-refractivity contribution in [2.24, 2.45) is 0 Å². The molecule has 0 aliphatic carbocycles. The third-order valence-corrected chi connectivity index (χ3v) is 3.32. The van der Waals surface area contributed by atoms with E-state index in [4.69, 9.17) is 14.6 Å². The van der Waals surface area contributed by atoms with Gasteiger partial charge in [-0.15, -0.1) is 0 Å². The molecular weight excluding hydrogens is 278 g/mol. The van der Waals surface area contributed by atoms with Crippen molar-refractivity contribution in [3.05, 3.63) is 29.8 Å². The number of aliphatic hydroxyl groups excluding tert-OH is 1. The third kappa shape index (κ3) is 3.63. The van der Waals surface area contributed by atoms with Crippen molar-refractivity contribution >= 4 is 12.1 Å². The van der Waals surface area contributed by atoms with Gasteiger partial charge < -0.3 is 19.7 Å². The molecule has 2 rings (SSSR count). The first-order chi connectivity index (χ1) is 10.0. The van der Waals surface area contributed by atoms with Gasteiger partial charge in [-0.05, 0) is 17.7 Å². The van der Waals surface area contributed by atoms with Crippen molar-refractivity contribution in [2.75, 3.05) is 13.7 Å². The molecule has 1 aromatic rings. The molecule has 0 radical (unpaired) electrons. The van der Waals surface area contributed by atoms with Gasteiger partial charge in [-0.1, -0.05) is 12.1 Å². The summed E-state index contributed by atoms with van der Waals surface area (Å²) >= 11 is 0. The van der Waals surface area contributed by atoms with Crippen LogP contribution in [0.2, 0.25) is 0 Å². The van der Waals surface area contributed by atoms with Gasteiger partial charge in [0.25, 0.3) is 0 Å². The molecule has 7 nitrogen and oxygen atoms in total. The number of aliphatic hydroxyl groups is 1. The van der Waals surface area contributed by atoms with Crippen molar-refractivity contribution in [2.45, 2.75) is 25.2 Å². The molecule has 0 aromatic heterocycles. The van der Waals surface area contributed by atoms with E-state index in [-0.39, 0.29) is 19.6 Å². The summed E-state index contributed by atoms with van der Waals surface area (Å²) in [4.78, 5) is 24.0. The van der Waals surface area contributed by atoms with Gasteiger partial charge in [0, 0.05) is 6.42 Å². The summed E-state index contributed by atoms with van der Waals surface area (Å²) < 4.78 is 10.1. The fraction of sp³-hybridized carbons (Fsp3) is 0.429. The topological polar surface area (TPSA) is 96.3 Å². The molecule has 1 amide bonds. The average molecular weight is 295 g/mol. The monoisotopic (exact) mass is 295 g/mol. The second-order valence-electron chi connectivity index (χ2n) is 4.80. The van der Waals surface area contributed by atoms with E-state index < -0.39 is 24.2 Å². The number of hydrogen-bond acceptors (Lipinski definition) is 5. The van der Waals surface area contributed by atoms with E-state index in [1.165, 1.54) is 0 Å². The van der Waals surface area contributed by atoms with Gasteiger partial charge >= 0.3 is 12.1 Å². The zero-order chi connectivity index (χ0) is 15.4. The van der Waals surface area contributed by atoms with Gasteiger partial charge in [-0.3, -0.25) is 4.90 Å². The Morgan fingerprint density at radius 1 is 1.33 bits per heavy atom. The largest absolute Gasteiger partial charge is 0.497 e. The Morgan fingerprint density at radius 3 is 2.57 bits per heavy atom. The summed E-state index contributed by atoms with van der Waals surface area (Å²) in [5.41, 5.74) is 0.760. The lowest BCUT2D eigenvalue weighted by Crippen LogP contribution is -2.40. The van der Waals surface area contributed by atoms with Crippen molar-refractivity contribution in [3.63, 3.8) is 0 Å². The van der Waals surface area contributed by atoms with Crippen LogP contribution in [0.15, 0.2) is 24.3 Å². The molecule has 1 unspecified atom stereocenters. The molecule has 0 bridgehead atoms. The molecule has 2 atom stereocenters. The number of carbonyl (C=O) groups is 2. The van der Waals surface area contributed by atoms with Crippen LogP contribution in [0.1, 0.15) is 12.0 Å². The van der Waals surface area contributed by atoms with Crippen LogP contribution in [0.4, 0.5) is 4.79 Å². The summed E-state index contributed by atoms with van der Waals surface area (Å²) in [6.45, 7) is 0.000173. The van der Waals surface area contributed by atoms with Gasteiger partial charge in [0.05, 0.1) is 19.8 Å². The van der Waals surface area contributed by atoms with Crippen LogP contribution < -0.4 is 4.74 Å². The zero-order valence-corrected chi connectivity index (χ0v) is 11.6. The number of carbonyl (C=O) groups excluding carboxylic acids is 1. The van der Waals surface area contributed by atoms with Crippen molar-refractivity contribution in [1.82, 2.24) is 4.90 Å². The normalized spacial score (nSPS) is 21.1. The SMILES string of the molecule is COc1ccc(COC(=O)N2CC(O)C[C@H]2C(=O)O)cc1. The molecule has 2 N–H and O–H groups in total. The second kappa shape index (κ2) is 6.45. The summed E-state index contributed by atoms with van der Waals surface area (Å²) in [5.74, 6) is -0.452. The van der Waals surface area contributed by atoms with E-state index in [0.717, 1.165) is 10.5 Å². The fourth-order valence-electron chi connectivity index (χ4n) is 2.20. The summed E-state index contributed by atoms with van der Waals surface area (Å²) in [7, 11) is 1.56. The van der Waals surface area contributed by atoms with E-state index in [0.29, 0.717) is 5.75 Å². The highest BCUT2D eigenvalue weighted by Crippen LogP contribution is 2.20. The molecule has 1 aromatic carbocycles. The molecule has 21 heavy (non-hydrogen) atoms. The van der Waals surface area contributed by atoms with Gasteiger partial charge in [0.2, 0.25) is 0 Å². The zero-order valence-electron chi connectivity index (χ0n) is 11.6. The number of carboxylic acids is 1. The van der Waals surface area contributed by atoms with E-state index in [2.05, 4.69) is 0 Å². The van der Waals surface area contributed by atoms with E-state index >= 15 is 0 Å². The molecule has 1 heterocycles. The second-order valence-corrected chi connectivity index (χ2v) is 4.80. The molecule has 1 fully saturated rings. The number of aliphatic carboxylic acids is 1. The minimum absolute atomic E-state index is 0.0208. The van der Waals surface area contributed by atoms with Crippen LogP contribution in [0.5, 0.6) is 5.75 Å². The first-order valence-corrected chi connectivity index (χ1v) is 6.48. The number of β-amino-alcohol motifs (C(OH)–C–C–N with tert-alkyl or cyclic N) is 1. The van der Waals surface area contributed by atoms with Gasteiger partial charge in [0.15, 0.2) is 0 Å². The van der Waals surface area contributed by atoms with Crippen molar-refractivity contribution in [1.29, 1.82) is 0 Å². The maximum absolute atomic E-state index is 11.9. The smallest absolute Gasteiger partial charge is 0.410 e. The van der Waals surface area contributed by atoms with Gasteiger partial charge in [-0.2, -0.15) is 0 Å². The van der Waals surface area contributed by atoms with Crippen LogP contribution >= 0.6 is 0 Å². The van der Waals surface area contributed by atoms with Gasteiger partial charge in [0.1, 0.15) is 18.4 Å². The number of rotatable bonds is 4. The summed E-state index contributed by atoms with van der Waals surface area (Å²) in [6.07, 6.45) is -1.55. The number of hydrogen-bond donors (Lipinski definition) is 2. The van der Waals surface area contributed by atoms with Crippen LogP contribution in [-0.2, 0) is 16.1 Å². The molecule has 0 saturated carbocycles. The number of carboxylic acid groups (broad SMARTS) is 1. The maximum atomic E-state index is 11.9. The molecule has 1 aliphatic rings. The molecule has 0 spiro atoms. The van der Waals surface area contributed by atoms with E-state index in [1.807, 2.05) is 0 Å². The summed E-state index contributed by atoms with van der Waals surface area (Å²) in [5, 5.41) is 18.5. The Morgan fingerprint density at radius 2 is 2.00 bits per heavy atom. The average Bonchev–Trinajstić information content (AvgIpc) is 2.87. The Kier molecular flexibility index (Phi) is 4.64. The minimum Gasteiger partial charge on any atom is -0.497 e. The quantitative estimate of drug-likeness (QED) is 0.855. The van der Waals surface area contributed by atoms with Crippen molar-refractivity contribution < 1.29 is 29.3 Å². The Hall–Kier alpha value is -2.28. The first-order valence-electron chi connectivity index (χ1n) is 6.48. The van der Waals surface area contributed by atoms with Crippen LogP contribution in [0, 0.1) is 0 Å². The third-order valence-electron chi connectivity index (χ3n) is 3.32. The fourth-order valence-corrected chi connectivity index (χ4v) is 2.20. The van der Waals surface area contributed by atoms with E-state index in [1.54, 1.807) is 31.4 Å². The number of ether oxygens (including phenoxy) is 2. The lowest BCUT2D eigenvalue weighted by molar-refractivity contribution is -0.141. The molecule has 1 saturated heterocycles. The van der Waals surface area contributed by atoms with Crippen LogP contribution in [0.25, 0.3) is 0 Å². The molecular formula is C14H17NO6. The summed E-state index contributed by atoms with van der Waals surface area (Å²) in [6, 6.07) is 5.94. The highest BCUT2D eigenvalue weighted by Gasteiger charge is 2.39. The lowest BCUT2D eigenvalue weighted by atomic mass is 10.2. The standard InChI is InChI=1S/C14H17NO6/c1-20-11-4-2-9(3-5-11)8-21-14(19)15-7-10(16)6-12(15)13(17)18/h2-5,10,12,16H,6-8H2,1H3,(H,17,18)/t10?,12-/m0/s1. The minimum atomic E-state index is -1.15. The predicted molar refractivity (Wildman–Crippen MR) is 71.9 cm³/mol. The van der Waals surface area contributed by atoms with Gasteiger partial charge in [-0.25, -0.2) is 9.59 Å². The molecule has 114 valence electrons. The van der Waals surface area contributed by atoms with Crippen LogP contribution in [0.3, 0.4) is 0 Å². The highest BCUT2D eigenvalue weighted by molar-refractivity contribution is 5.80. The van der Waals surface area contributed by atoms with Crippen LogP contribution in [-0.4, -0.2) is 53.0 Å². The number of amides is 1. The number of methoxy groups -OCH3 is 1. The lowest BCUT2D eigenvalue weighted by Gasteiger charge is -2.20. The Balaban J connectivity index is 1.92. The first kappa shape index (κ1) is 15.1. The van der Waals surface area contributed by atoms with Crippen molar-refractivity contribution in [3.8, 4) is 5.75 Å². The highest BCUT2D eigenvalue weighted by atomic mass is 16.6. The number of likely N-dealkylation sites (tertiary alicyclic amines) is 1. The predicted octanol–water partition coefficient (Wildman–Crippen LogP) is 0.852. The number of benzene rings is 1. The van der Waals surface area contributed by atoms with E-state index in [9.17, 15) is 14.7 Å². The molecule has 7 heteroatoms. The maximum Gasteiger partial charge on any atom is 0.410 e.